The van der Waals surface area contributed by atoms with Crippen LogP contribution in [0.3, 0.4) is 0 Å². The average Bonchev–Trinajstić information content (AvgIpc) is 3.23. The van der Waals surface area contributed by atoms with Crippen LogP contribution in [0.4, 0.5) is 0 Å². The first-order chi connectivity index (χ1) is 13.2. The number of hydrogen-bond donors (Lipinski definition) is 1. The van der Waals surface area contributed by atoms with Gasteiger partial charge in [-0.3, -0.25) is 9.48 Å². The maximum absolute atomic E-state index is 12.3. The summed E-state index contributed by atoms with van der Waals surface area (Å²) < 4.78 is 12.8. The molecular weight excluding hydrogens is 342 g/mol. The van der Waals surface area contributed by atoms with E-state index >= 15 is 0 Å². The summed E-state index contributed by atoms with van der Waals surface area (Å²) in [5.41, 5.74) is 1.57. The van der Waals surface area contributed by atoms with Crippen molar-refractivity contribution in [3.8, 4) is 11.5 Å². The number of aryl methyl sites for hydroxylation is 1. The van der Waals surface area contributed by atoms with E-state index in [4.69, 9.17) is 9.47 Å². The quantitative estimate of drug-likeness (QED) is 0.591. The Labute approximate surface area is 158 Å². The second-order valence-corrected chi connectivity index (χ2v) is 6.04. The van der Waals surface area contributed by atoms with Crippen LogP contribution in [0.2, 0.25) is 0 Å². The van der Waals surface area contributed by atoms with E-state index in [9.17, 15) is 4.79 Å². The molecule has 1 amide bonds. The van der Waals surface area contributed by atoms with Gasteiger partial charge in [-0.25, -0.2) is 0 Å². The molecular formula is C21H23N3O3. The van der Waals surface area contributed by atoms with E-state index in [0.717, 1.165) is 30.0 Å². The number of ether oxygens (including phenoxy) is 2. The number of nitrogens with one attached hydrogen (secondary N) is 1. The molecule has 6 heteroatoms. The molecule has 0 aliphatic heterocycles. The zero-order chi connectivity index (χ0) is 18.9. The van der Waals surface area contributed by atoms with Crippen molar-refractivity contribution in [1.29, 1.82) is 0 Å². The van der Waals surface area contributed by atoms with Crippen molar-refractivity contribution in [1.82, 2.24) is 15.1 Å². The topological polar surface area (TPSA) is 65.4 Å². The SMILES string of the molecule is COc1ccc(OCc2cccc(C(=O)NCCCn3cccn3)c2)cc1. The third-order valence-corrected chi connectivity index (χ3v) is 4.06. The third kappa shape index (κ3) is 5.60. The van der Waals surface area contributed by atoms with Gasteiger partial charge in [0.1, 0.15) is 18.1 Å². The summed E-state index contributed by atoms with van der Waals surface area (Å²) >= 11 is 0. The molecule has 0 unspecified atom stereocenters. The molecule has 6 nitrogen and oxygen atoms in total. The van der Waals surface area contributed by atoms with Crippen molar-refractivity contribution >= 4 is 5.91 Å². The lowest BCUT2D eigenvalue weighted by molar-refractivity contribution is 0.0952. The molecule has 1 aromatic heterocycles. The van der Waals surface area contributed by atoms with Crippen LogP contribution in [0.1, 0.15) is 22.3 Å². The van der Waals surface area contributed by atoms with Gasteiger partial charge < -0.3 is 14.8 Å². The van der Waals surface area contributed by atoms with Crippen molar-refractivity contribution in [2.75, 3.05) is 13.7 Å². The standard InChI is InChI=1S/C21H23N3O3/c1-26-19-7-9-20(10-8-19)27-16-17-5-2-6-18(15-17)21(25)22-11-3-13-24-14-4-12-23-24/h2,4-10,12,14-15H,3,11,13,16H2,1H3,(H,22,25). The predicted octanol–water partition coefficient (Wildman–Crippen LogP) is 3.29. The second-order valence-electron chi connectivity index (χ2n) is 6.04. The number of amides is 1. The Hall–Kier alpha value is -3.28. The molecule has 2 aromatic carbocycles. The molecule has 0 atom stereocenters. The lowest BCUT2D eigenvalue weighted by Crippen LogP contribution is -2.25. The van der Waals surface area contributed by atoms with Gasteiger partial charge in [-0.2, -0.15) is 5.10 Å². The summed E-state index contributed by atoms with van der Waals surface area (Å²) in [6.07, 6.45) is 4.49. The van der Waals surface area contributed by atoms with Crippen LogP contribution in [0, 0.1) is 0 Å². The molecule has 0 aliphatic carbocycles. The summed E-state index contributed by atoms with van der Waals surface area (Å²) in [4.78, 5) is 12.3. The van der Waals surface area contributed by atoms with Gasteiger partial charge in [0.05, 0.1) is 7.11 Å². The number of methoxy groups -OCH3 is 1. The van der Waals surface area contributed by atoms with E-state index in [-0.39, 0.29) is 5.91 Å². The van der Waals surface area contributed by atoms with Crippen LogP contribution >= 0.6 is 0 Å². The van der Waals surface area contributed by atoms with Crippen molar-refractivity contribution in [2.45, 2.75) is 19.6 Å². The first-order valence-corrected chi connectivity index (χ1v) is 8.86. The van der Waals surface area contributed by atoms with Crippen LogP contribution < -0.4 is 14.8 Å². The zero-order valence-electron chi connectivity index (χ0n) is 15.3. The highest BCUT2D eigenvalue weighted by Gasteiger charge is 2.06. The summed E-state index contributed by atoms with van der Waals surface area (Å²) in [5, 5.41) is 7.08. The number of rotatable bonds is 9. The first kappa shape index (κ1) is 18.5. The minimum Gasteiger partial charge on any atom is -0.497 e. The number of aromatic nitrogens is 2. The monoisotopic (exact) mass is 365 g/mol. The Morgan fingerprint density at radius 1 is 1.11 bits per heavy atom. The Morgan fingerprint density at radius 2 is 1.93 bits per heavy atom. The maximum Gasteiger partial charge on any atom is 0.251 e. The Bertz CT molecular complexity index is 845. The van der Waals surface area contributed by atoms with Gasteiger partial charge in [-0.05, 0) is 54.4 Å². The summed E-state index contributed by atoms with van der Waals surface area (Å²) in [5.74, 6) is 1.46. The molecule has 0 radical (unpaired) electrons. The Kier molecular flexibility index (Phi) is 6.46. The molecule has 3 rings (SSSR count). The predicted molar refractivity (Wildman–Crippen MR) is 103 cm³/mol. The van der Waals surface area contributed by atoms with Crippen molar-refractivity contribution in [2.24, 2.45) is 0 Å². The molecule has 1 N–H and O–H groups in total. The lowest BCUT2D eigenvalue weighted by Gasteiger charge is -2.09. The Balaban J connectivity index is 1.47. The fourth-order valence-corrected chi connectivity index (χ4v) is 2.62. The van der Waals surface area contributed by atoms with E-state index in [2.05, 4.69) is 10.4 Å². The second kappa shape index (κ2) is 9.43. The molecule has 3 aromatic rings. The smallest absolute Gasteiger partial charge is 0.251 e. The van der Waals surface area contributed by atoms with Crippen LogP contribution in [-0.2, 0) is 13.2 Å². The van der Waals surface area contributed by atoms with Gasteiger partial charge >= 0.3 is 0 Å². The molecule has 27 heavy (non-hydrogen) atoms. The third-order valence-electron chi connectivity index (χ3n) is 4.06. The highest BCUT2D eigenvalue weighted by atomic mass is 16.5. The van der Waals surface area contributed by atoms with Crippen LogP contribution in [0.25, 0.3) is 0 Å². The van der Waals surface area contributed by atoms with E-state index in [1.54, 1.807) is 19.4 Å². The van der Waals surface area contributed by atoms with Gasteiger partial charge in [-0.15, -0.1) is 0 Å². The largest absolute Gasteiger partial charge is 0.497 e. The summed E-state index contributed by atoms with van der Waals surface area (Å²) in [6, 6.07) is 16.8. The van der Waals surface area contributed by atoms with E-state index in [0.29, 0.717) is 18.7 Å². The molecule has 0 fully saturated rings. The summed E-state index contributed by atoms with van der Waals surface area (Å²) in [7, 11) is 1.63. The number of carbonyl (C=O) groups is 1. The number of carbonyl (C=O) groups excluding carboxylic acids is 1. The molecule has 0 spiro atoms. The minimum atomic E-state index is -0.0817. The molecule has 140 valence electrons. The Morgan fingerprint density at radius 3 is 2.67 bits per heavy atom. The normalized spacial score (nSPS) is 10.4. The first-order valence-electron chi connectivity index (χ1n) is 8.86. The molecule has 0 aliphatic rings. The van der Waals surface area contributed by atoms with Crippen molar-refractivity contribution < 1.29 is 14.3 Å². The molecule has 1 heterocycles. The van der Waals surface area contributed by atoms with Gasteiger partial charge in [0.2, 0.25) is 0 Å². The fraction of sp³-hybridized carbons (Fsp3) is 0.238. The van der Waals surface area contributed by atoms with Gasteiger partial charge in [-0.1, -0.05) is 12.1 Å². The van der Waals surface area contributed by atoms with E-state index < -0.39 is 0 Å². The highest BCUT2D eigenvalue weighted by molar-refractivity contribution is 5.94. The zero-order valence-corrected chi connectivity index (χ0v) is 15.3. The number of hydrogen-bond acceptors (Lipinski definition) is 4. The van der Waals surface area contributed by atoms with E-state index in [1.165, 1.54) is 0 Å². The minimum absolute atomic E-state index is 0.0817. The molecule has 0 bridgehead atoms. The van der Waals surface area contributed by atoms with Crippen LogP contribution in [0.15, 0.2) is 67.0 Å². The van der Waals surface area contributed by atoms with E-state index in [1.807, 2.05) is 59.4 Å². The maximum atomic E-state index is 12.3. The van der Waals surface area contributed by atoms with Crippen molar-refractivity contribution in [3.63, 3.8) is 0 Å². The van der Waals surface area contributed by atoms with Crippen LogP contribution in [0.5, 0.6) is 11.5 Å². The van der Waals surface area contributed by atoms with Gasteiger partial charge in [0, 0.05) is 31.0 Å². The number of nitrogens with zero attached hydrogens (tertiary/aromatic N) is 2. The number of benzene rings is 2. The highest BCUT2D eigenvalue weighted by Crippen LogP contribution is 2.18. The lowest BCUT2D eigenvalue weighted by atomic mass is 10.1. The van der Waals surface area contributed by atoms with Gasteiger partial charge in [0.15, 0.2) is 0 Å². The average molecular weight is 365 g/mol. The molecule has 0 saturated carbocycles. The van der Waals surface area contributed by atoms with Crippen molar-refractivity contribution in [3.05, 3.63) is 78.1 Å². The van der Waals surface area contributed by atoms with Crippen LogP contribution in [-0.4, -0.2) is 29.3 Å². The summed E-state index contributed by atoms with van der Waals surface area (Å²) in [6.45, 7) is 1.78. The van der Waals surface area contributed by atoms with Gasteiger partial charge in [0.25, 0.3) is 5.91 Å². The molecule has 0 saturated heterocycles. The fourth-order valence-electron chi connectivity index (χ4n) is 2.62.